The van der Waals surface area contributed by atoms with Gasteiger partial charge in [0.25, 0.3) is 5.91 Å². The number of carbonyl (C=O) groups is 2. The Morgan fingerprint density at radius 2 is 1.75 bits per heavy atom. The topological polar surface area (TPSA) is 92.5 Å². The lowest BCUT2D eigenvalue weighted by Crippen LogP contribution is -2.33. The third-order valence-corrected chi connectivity index (χ3v) is 6.94. The minimum atomic E-state index is -0.826. The van der Waals surface area contributed by atoms with Crippen molar-refractivity contribution in [3.8, 4) is 11.5 Å². The summed E-state index contributed by atoms with van der Waals surface area (Å²) in [5.41, 5.74) is 2.16. The second kappa shape index (κ2) is 11.7. The van der Waals surface area contributed by atoms with Crippen LogP contribution >= 0.6 is 0 Å². The monoisotopic (exact) mass is 540 g/mol. The maximum absolute atomic E-state index is 13.8. The molecule has 0 bridgehead atoms. The van der Waals surface area contributed by atoms with Crippen molar-refractivity contribution in [2.45, 2.75) is 19.1 Å². The second-order valence-corrected chi connectivity index (χ2v) is 9.98. The van der Waals surface area contributed by atoms with Crippen LogP contribution < -0.4 is 9.47 Å². The molecule has 1 unspecified atom stereocenters. The lowest BCUT2D eigenvalue weighted by atomic mass is 9.94. The number of hydrogen-bond acceptors (Lipinski definition) is 7. The van der Waals surface area contributed by atoms with E-state index in [0.717, 1.165) is 17.5 Å². The molecule has 40 heavy (non-hydrogen) atoms. The molecule has 0 aliphatic carbocycles. The van der Waals surface area contributed by atoms with Crippen molar-refractivity contribution >= 4 is 22.7 Å². The van der Waals surface area contributed by atoms with Crippen LogP contribution in [0.3, 0.4) is 0 Å². The highest BCUT2D eigenvalue weighted by molar-refractivity contribution is 6.16. The van der Waals surface area contributed by atoms with E-state index in [4.69, 9.17) is 13.9 Å². The molecule has 0 spiro atoms. The molecule has 8 nitrogen and oxygen atoms in total. The number of methoxy groups -OCH3 is 1. The molecule has 2 heterocycles. The summed E-state index contributed by atoms with van der Waals surface area (Å²) < 4.78 is 17.5. The largest absolute Gasteiger partial charge is 0.503 e. The van der Waals surface area contributed by atoms with Crippen LogP contribution in [0.1, 0.15) is 34.1 Å². The van der Waals surface area contributed by atoms with Gasteiger partial charge >= 0.3 is 0 Å². The first-order valence-corrected chi connectivity index (χ1v) is 13.1. The molecule has 4 aromatic rings. The molecule has 0 radical (unpaired) electrons. The molecular weight excluding hydrogens is 508 g/mol. The summed E-state index contributed by atoms with van der Waals surface area (Å²) in [5.74, 6) is -0.653. The molecule has 1 aliphatic heterocycles. The minimum absolute atomic E-state index is 0.0195. The van der Waals surface area contributed by atoms with Gasteiger partial charge in [0.15, 0.2) is 23.0 Å². The number of amides is 1. The number of fused-ring (bicyclic) bond motifs is 1. The summed E-state index contributed by atoms with van der Waals surface area (Å²) in [6, 6.07) is 23.2. The van der Waals surface area contributed by atoms with Crippen LogP contribution in [0.25, 0.3) is 11.0 Å². The number of nitrogens with zero attached hydrogens (tertiary/aromatic N) is 2. The lowest BCUT2D eigenvalue weighted by Gasteiger charge is -2.27. The van der Waals surface area contributed by atoms with Crippen LogP contribution in [-0.4, -0.2) is 60.9 Å². The predicted molar refractivity (Wildman–Crippen MR) is 152 cm³/mol. The number of carbonyl (C=O) groups excluding carboxylic acids is 2. The summed E-state index contributed by atoms with van der Waals surface area (Å²) in [4.78, 5) is 30.7. The maximum atomic E-state index is 13.8. The molecule has 1 aromatic heterocycles. The van der Waals surface area contributed by atoms with Gasteiger partial charge in [-0.05, 0) is 62.5 Å². The molecule has 0 saturated carbocycles. The summed E-state index contributed by atoms with van der Waals surface area (Å²) in [6.45, 7) is 1.43. The Labute approximate surface area is 233 Å². The van der Waals surface area contributed by atoms with Crippen LogP contribution in [0, 0.1) is 0 Å². The number of ketones is 1. The van der Waals surface area contributed by atoms with E-state index in [1.165, 1.54) is 12.0 Å². The van der Waals surface area contributed by atoms with Crippen molar-refractivity contribution in [1.82, 2.24) is 9.80 Å². The van der Waals surface area contributed by atoms with Crippen molar-refractivity contribution in [3.63, 3.8) is 0 Å². The van der Waals surface area contributed by atoms with Crippen LogP contribution in [0.15, 0.2) is 94.6 Å². The molecular formula is C32H32N2O6. The standard InChI is InChI=1S/C32H32N2O6/c1-33(2)16-9-17-34-29(23-14-15-25(26(19-23)38-3)39-20-21-10-5-4-6-11-21)28(31(36)32(34)37)30(35)27-18-22-12-7-8-13-24(22)40-27/h4-8,10-15,18-19,29,36H,9,16-17,20H2,1-3H3. The summed E-state index contributed by atoms with van der Waals surface area (Å²) >= 11 is 0. The van der Waals surface area contributed by atoms with Gasteiger partial charge in [-0.2, -0.15) is 0 Å². The molecule has 5 rings (SSSR count). The first kappa shape index (κ1) is 27.0. The van der Waals surface area contributed by atoms with Crippen molar-refractivity contribution in [2.75, 3.05) is 34.3 Å². The van der Waals surface area contributed by atoms with Gasteiger partial charge in [0, 0.05) is 11.9 Å². The normalized spacial score (nSPS) is 15.3. The van der Waals surface area contributed by atoms with Crippen molar-refractivity contribution < 1.29 is 28.6 Å². The zero-order valence-corrected chi connectivity index (χ0v) is 22.8. The van der Waals surface area contributed by atoms with E-state index >= 15 is 0 Å². The van der Waals surface area contributed by atoms with Gasteiger partial charge in [0.2, 0.25) is 5.78 Å². The highest BCUT2D eigenvalue weighted by Gasteiger charge is 2.44. The van der Waals surface area contributed by atoms with Crippen LogP contribution in [0.4, 0.5) is 0 Å². The minimum Gasteiger partial charge on any atom is -0.503 e. The van der Waals surface area contributed by atoms with Gasteiger partial charge in [-0.15, -0.1) is 0 Å². The van der Waals surface area contributed by atoms with Crippen LogP contribution in [0.2, 0.25) is 0 Å². The zero-order valence-electron chi connectivity index (χ0n) is 22.8. The van der Waals surface area contributed by atoms with Gasteiger partial charge in [-0.1, -0.05) is 54.6 Å². The average molecular weight is 541 g/mol. The fourth-order valence-corrected chi connectivity index (χ4v) is 4.96. The molecule has 1 amide bonds. The molecule has 8 heteroatoms. The Bertz CT molecular complexity index is 1520. The van der Waals surface area contributed by atoms with Crippen molar-refractivity contribution in [3.05, 3.63) is 107 Å². The Morgan fingerprint density at radius 3 is 2.48 bits per heavy atom. The van der Waals surface area contributed by atoms with Crippen LogP contribution in [-0.2, 0) is 11.4 Å². The van der Waals surface area contributed by atoms with Gasteiger partial charge in [-0.25, -0.2) is 0 Å². The Balaban J connectivity index is 1.50. The molecule has 1 N–H and O–H groups in total. The number of rotatable bonds is 11. The third kappa shape index (κ3) is 5.44. The smallest absolute Gasteiger partial charge is 0.290 e. The Kier molecular flexibility index (Phi) is 7.89. The Hall–Kier alpha value is -4.56. The van der Waals surface area contributed by atoms with Gasteiger partial charge < -0.3 is 28.8 Å². The van der Waals surface area contributed by atoms with E-state index in [1.807, 2.05) is 67.5 Å². The van der Waals surface area contributed by atoms with E-state index in [-0.39, 0.29) is 11.3 Å². The average Bonchev–Trinajstić information content (AvgIpc) is 3.51. The molecule has 1 aliphatic rings. The highest BCUT2D eigenvalue weighted by Crippen LogP contribution is 2.42. The van der Waals surface area contributed by atoms with Crippen molar-refractivity contribution in [1.29, 1.82) is 0 Å². The van der Waals surface area contributed by atoms with E-state index in [9.17, 15) is 14.7 Å². The Morgan fingerprint density at radius 1 is 1.00 bits per heavy atom. The van der Waals surface area contributed by atoms with Gasteiger partial charge in [0.1, 0.15) is 12.2 Å². The number of furan rings is 1. The second-order valence-electron chi connectivity index (χ2n) is 9.98. The molecule has 0 fully saturated rings. The maximum Gasteiger partial charge on any atom is 0.290 e. The molecule has 1 atom stereocenters. The first-order chi connectivity index (χ1) is 19.4. The number of aliphatic hydroxyl groups is 1. The fourth-order valence-electron chi connectivity index (χ4n) is 4.96. The number of hydrogen-bond donors (Lipinski definition) is 1. The number of aliphatic hydroxyl groups excluding tert-OH is 1. The number of benzene rings is 3. The van der Waals surface area contributed by atoms with E-state index in [1.54, 1.807) is 30.3 Å². The van der Waals surface area contributed by atoms with Crippen LogP contribution in [0.5, 0.6) is 11.5 Å². The van der Waals surface area contributed by atoms with E-state index in [0.29, 0.717) is 42.2 Å². The van der Waals surface area contributed by atoms with Gasteiger partial charge in [-0.3, -0.25) is 9.59 Å². The fraction of sp³-hybridized carbons (Fsp3) is 0.250. The lowest BCUT2D eigenvalue weighted by molar-refractivity contribution is -0.129. The predicted octanol–water partition coefficient (Wildman–Crippen LogP) is 5.55. The van der Waals surface area contributed by atoms with E-state index < -0.39 is 23.5 Å². The highest BCUT2D eigenvalue weighted by atomic mass is 16.5. The zero-order chi connectivity index (χ0) is 28.2. The number of para-hydroxylation sites is 1. The molecule has 0 saturated heterocycles. The summed E-state index contributed by atoms with van der Waals surface area (Å²) in [7, 11) is 5.44. The number of Topliss-reactive ketones (excluding diaryl/α,β-unsaturated/α-hetero) is 1. The quantitative estimate of drug-likeness (QED) is 0.249. The summed E-state index contributed by atoms with van der Waals surface area (Å²) in [5, 5.41) is 11.8. The molecule has 3 aromatic carbocycles. The van der Waals surface area contributed by atoms with E-state index in [2.05, 4.69) is 0 Å². The van der Waals surface area contributed by atoms with Crippen molar-refractivity contribution in [2.24, 2.45) is 0 Å². The van der Waals surface area contributed by atoms with Gasteiger partial charge in [0.05, 0.1) is 18.7 Å². The SMILES string of the molecule is COc1cc(C2C(C(=O)c3cc4ccccc4o3)=C(O)C(=O)N2CCCN(C)C)ccc1OCc1ccccc1. The third-order valence-electron chi connectivity index (χ3n) is 6.94. The first-order valence-electron chi connectivity index (χ1n) is 13.1. The number of ether oxygens (including phenoxy) is 2. The molecule has 206 valence electrons. The summed E-state index contributed by atoms with van der Waals surface area (Å²) in [6.07, 6.45) is 0.657.